The standard InChI is InChI=1S/C14H22N2O/c1-11-7-5-6-8-12(11)16(4)13(17)9-14(2,3)10-15/h5-8H,9-10,15H2,1-4H3. The summed E-state index contributed by atoms with van der Waals surface area (Å²) < 4.78 is 0. The third kappa shape index (κ3) is 3.56. The topological polar surface area (TPSA) is 46.3 Å². The van der Waals surface area contributed by atoms with Crippen LogP contribution in [0, 0.1) is 12.3 Å². The van der Waals surface area contributed by atoms with Crippen LogP contribution in [0.4, 0.5) is 5.69 Å². The highest BCUT2D eigenvalue weighted by molar-refractivity contribution is 5.93. The van der Waals surface area contributed by atoms with Gasteiger partial charge in [-0.2, -0.15) is 0 Å². The van der Waals surface area contributed by atoms with Gasteiger partial charge in [-0.15, -0.1) is 0 Å². The van der Waals surface area contributed by atoms with E-state index >= 15 is 0 Å². The summed E-state index contributed by atoms with van der Waals surface area (Å²) in [4.78, 5) is 13.9. The first-order valence-corrected chi connectivity index (χ1v) is 5.89. The van der Waals surface area contributed by atoms with Crippen molar-refractivity contribution in [3.05, 3.63) is 29.8 Å². The van der Waals surface area contributed by atoms with Gasteiger partial charge in [-0.05, 0) is 30.5 Å². The molecule has 0 aromatic heterocycles. The molecule has 0 aliphatic heterocycles. The molecule has 17 heavy (non-hydrogen) atoms. The summed E-state index contributed by atoms with van der Waals surface area (Å²) in [6.07, 6.45) is 0.467. The van der Waals surface area contributed by atoms with Crippen LogP contribution in [0.2, 0.25) is 0 Å². The second kappa shape index (κ2) is 5.32. The normalized spacial score (nSPS) is 11.4. The van der Waals surface area contributed by atoms with E-state index in [1.165, 1.54) is 0 Å². The number of benzene rings is 1. The van der Waals surface area contributed by atoms with Crippen molar-refractivity contribution < 1.29 is 4.79 Å². The van der Waals surface area contributed by atoms with E-state index in [9.17, 15) is 4.79 Å². The molecule has 0 aliphatic carbocycles. The summed E-state index contributed by atoms with van der Waals surface area (Å²) in [6, 6.07) is 7.89. The van der Waals surface area contributed by atoms with Gasteiger partial charge in [-0.3, -0.25) is 4.79 Å². The highest BCUT2D eigenvalue weighted by Crippen LogP contribution is 2.23. The van der Waals surface area contributed by atoms with Crippen LogP contribution < -0.4 is 10.6 Å². The number of amides is 1. The lowest BCUT2D eigenvalue weighted by Crippen LogP contribution is -2.34. The van der Waals surface area contributed by atoms with E-state index in [2.05, 4.69) is 0 Å². The minimum Gasteiger partial charge on any atom is -0.330 e. The lowest BCUT2D eigenvalue weighted by atomic mass is 9.89. The van der Waals surface area contributed by atoms with E-state index in [1.54, 1.807) is 4.90 Å². The first kappa shape index (κ1) is 13.7. The Morgan fingerprint density at radius 1 is 1.35 bits per heavy atom. The van der Waals surface area contributed by atoms with Gasteiger partial charge < -0.3 is 10.6 Å². The van der Waals surface area contributed by atoms with Crippen molar-refractivity contribution in [3.63, 3.8) is 0 Å². The van der Waals surface area contributed by atoms with Gasteiger partial charge in [0.1, 0.15) is 0 Å². The Bertz CT molecular complexity index is 399. The summed E-state index contributed by atoms with van der Waals surface area (Å²) >= 11 is 0. The smallest absolute Gasteiger partial charge is 0.227 e. The molecule has 0 saturated carbocycles. The molecule has 3 heteroatoms. The number of aryl methyl sites for hydroxylation is 1. The fourth-order valence-corrected chi connectivity index (χ4v) is 1.67. The molecule has 0 spiro atoms. The Kier molecular flexibility index (Phi) is 4.29. The summed E-state index contributed by atoms with van der Waals surface area (Å²) in [5, 5.41) is 0. The molecule has 2 N–H and O–H groups in total. The zero-order chi connectivity index (χ0) is 13.1. The molecular weight excluding hydrogens is 212 g/mol. The number of carbonyl (C=O) groups is 1. The molecule has 0 radical (unpaired) electrons. The van der Waals surface area contributed by atoms with Crippen molar-refractivity contribution in [2.45, 2.75) is 27.2 Å². The number of hydrogen-bond donors (Lipinski definition) is 1. The summed E-state index contributed by atoms with van der Waals surface area (Å²) in [6.45, 7) is 6.54. The van der Waals surface area contributed by atoms with Crippen LogP contribution in [-0.4, -0.2) is 19.5 Å². The molecule has 1 aromatic rings. The first-order chi connectivity index (χ1) is 7.87. The number of hydrogen-bond acceptors (Lipinski definition) is 2. The molecular formula is C14H22N2O. The molecule has 0 saturated heterocycles. The van der Waals surface area contributed by atoms with Crippen molar-refractivity contribution in [2.75, 3.05) is 18.5 Å². The van der Waals surface area contributed by atoms with E-state index in [-0.39, 0.29) is 11.3 Å². The molecule has 0 heterocycles. The average Bonchev–Trinajstić information content (AvgIpc) is 2.28. The van der Waals surface area contributed by atoms with Crippen LogP contribution in [0.3, 0.4) is 0 Å². The molecule has 3 nitrogen and oxygen atoms in total. The molecule has 94 valence electrons. The Hall–Kier alpha value is -1.35. The monoisotopic (exact) mass is 234 g/mol. The molecule has 0 fully saturated rings. The zero-order valence-corrected chi connectivity index (χ0v) is 11.2. The quantitative estimate of drug-likeness (QED) is 0.869. The lowest BCUT2D eigenvalue weighted by Gasteiger charge is -2.26. The molecule has 1 amide bonds. The molecule has 1 rings (SSSR count). The van der Waals surface area contributed by atoms with Gasteiger partial charge >= 0.3 is 0 Å². The van der Waals surface area contributed by atoms with E-state index in [4.69, 9.17) is 5.73 Å². The maximum absolute atomic E-state index is 12.1. The summed E-state index contributed by atoms with van der Waals surface area (Å²) in [7, 11) is 1.82. The Morgan fingerprint density at radius 2 is 1.94 bits per heavy atom. The van der Waals surface area contributed by atoms with Gasteiger partial charge in [0, 0.05) is 19.2 Å². The average molecular weight is 234 g/mol. The number of nitrogens with zero attached hydrogens (tertiary/aromatic N) is 1. The van der Waals surface area contributed by atoms with Gasteiger partial charge in [0.05, 0.1) is 0 Å². The predicted molar refractivity (Wildman–Crippen MR) is 72.0 cm³/mol. The van der Waals surface area contributed by atoms with E-state index in [0.717, 1.165) is 11.3 Å². The summed E-state index contributed by atoms with van der Waals surface area (Å²) in [5.41, 5.74) is 7.58. The van der Waals surface area contributed by atoms with Gasteiger partial charge in [0.15, 0.2) is 0 Å². The van der Waals surface area contributed by atoms with Crippen LogP contribution in [0.25, 0.3) is 0 Å². The molecule has 0 atom stereocenters. The number of carbonyl (C=O) groups excluding carboxylic acids is 1. The van der Waals surface area contributed by atoms with Crippen LogP contribution >= 0.6 is 0 Å². The van der Waals surface area contributed by atoms with Crippen molar-refractivity contribution >= 4 is 11.6 Å². The van der Waals surface area contributed by atoms with Gasteiger partial charge in [0.2, 0.25) is 5.91 Å². The van der Waals surface area contributed by atoms with Crippen LogP contribution in [-0.2, 0) is 4.79 Å². The maximum Gasteiger partial charge on any atom is 0.227 e. The van der Waals surface area contributed by atoms with Crippen molar-refractivity contribution in [2.24, 2.45) is 11.1 Å². The Balaban J connectivity index is 2.81. The number of nitrogens with two attached hydrogens (primary N) is 1. The Morgan fingerprint density at radius 3 is 2.47 bits per heavy atom. The Labute approximate surface area is 104 Å². The van der Waals surface area contributed by atoms with Gasteiger partial charge in [-0.25, -0.2) is 0 Å². The van der Waals surface area contributed by atoms with Crippen LogP contribution in [0.5, 0.6) is 0 Å². The number of anilines is 1. The second-order valence-corrected chi connectivity index (χ2v) is 5.28. The van der Waals surface area contributed by atoms with E-state index < -0.39 is 0 Å². The fraction of sp³-hybridized carbons (Fsp3) is 0.500. The largest absolute Gasteiger partial charge is 0.330 e. The number of rotatable bonds is 4. The number of para-hydroxylation sites is 1. The first-order valence-electron chi connectivity index (χ1n) is 5.89. The predicted octanol–water partition coefficient (Wildman–Crippen LogP) is 2.33. The SMILES string of the molecule is Cc1ccccc1N(C)C(=O)CC(C)(C)CN. The van der Waals surface area contributed by atoms with Crippen molar-refractivity contribution in [1.29, 1.82) is 0 Å². The summed E-state index contributed by atoms with van der Waals surface area (Å²) in [5.74, 6) is 0.106. The highest BCUT2D eigenvalue weighted by Gasteiger charge is 2.23. The highest BCUT2D eigenvalue weighted by atomic mass is 16.2. The van der Waals surface area contributed by atoms with E-state index in [1.807, 2.05) is 52.1 Å². The molecule has 0 bridgehead atoms. The van der Waals surface area contributed by atoms with Gasteiger partial charge in [0.25, 0.3) is 0 Å². The lowest BCUT2D eigenvalue weighted by molar-refractivity contribution is -0.120. The maximum atomic E-state index is 12.1. The molecule has 0 aliphatic rings. The molecule has 0 unspecified atom stereocenters. The molecule has 1 aromatic carbocycles. The van der Waals surface area contributed by atoms with Gasteiger partial charge in [-0.1, -0.05) is 32.0 Å². The van der Waals surface area contributed by atoms with E-state index in [0.29, 0.717) is 13.0 Å². The van der Waals surface area contributed by atoms with Crippen molar-refractivity contribution in [1.82, 2.24) is 0 Å². The minimum atomic E-state index is -0.145. The fourth-order valence-electron chi connectivity index (χ4n) is 1.67. The van der Waals surface area contributed by atoms with Crippen LogP contribution in [0.15, 0.2) is 24.3 Å². The van der Waals surface area contributed by atoms with Crippen LogP contribution in [0.1, 0.15) is 25.8 Å². The zero-order valence-electron chi connectivity index (χ0n) is 11.2. The third-order valence-corrected chi connectivity index (χ3v) is 3.03. The minimum absolute atomic E-state index is 0.106. The van der Waals surface area contributed by atoms with Crippen molar-refractivity contribution in [3.8, 4) is 0 Å². The second-order valence-electron chi connectivity index (χ2n) is 5.28. The third-order valence-electron chi connectivity index (χ3n) is 3.03.